The summed E-state index contributed by atoms with van der Waals surface area (Å²) in [5.74, 6) is -3.08. The predicted molar refractivity (Wildman–Crippen MR) is 52.4 cm³/mol. The van der Waals surface area contributed by atoms with E-state index in [1.807, 2.05) is 0 Å². The van der Waals surface area contributed by atoms with Crippen molar-refractivity contribution in [2.75, 3.05) is 0 Å². The molecule has 1 aromatic heterocycles. The minimum atomic E-state index is -1.17. The highest BCUT2D eigenvalue weighted by Crippen LogP contribution is 2.25. The third-order valence-electron chi connectivity index (χ3n) is 2.12. The zero-order valence-corrected chi connectivity index (χ0v) is 7.93. The van der Waals surface area contributed by atoms with E-state index in [2.05, 4.69) is 4.98 Å². The summed E-state index contributed by atoms with van der Waals surface area (Å²) in [6, 6.07) is 4.25. The van der Waals surface area contributed by atoms with E-state index in [1.165, 1.54) is 12.1 Å². The van der Waals surface area contributed by atoms with Gasteiger partial charge in [-0.2, -0.15) is 0 Å². The van der Waals surface area contributed by atoms with E-state index < -0.39 is 23.0 Å². The van der Waals surface area contributed by atoms with Crippen molar-refractivity contribution in [3.63, 3.8) is 0 Å². The van der Waals surface area contributed by atoms with E-state index in [9.17, 15) is 18.0 Å². The molecular formula is C11H6F3NO. The highest BCUT2D eigenvalue weighted by atomic mass is 19.2. The van der Waals surface area contributed by atoms with Crippen molar-refractivity contribution >= 4 is 0 Å². The van der Waals surface area contributed by atoms with Gasteiger partial charge in [-0.3, -0.25) is 4.79 Å². The number of halogens is 3. The van der Waals surface area contributed by atoms with Gasteiger partial charge in [-0.15, -0.1) is 0 Å². The standard InChI is InChI=1S/C11H6F3NO/c12-8-3-1-2-6(11(8)14)7-4-10(16)15-5-9(7)13/h1-5H,(H,15,16). The van der Waals surface area contributed by atoms with Crippen LogP contribution in [-0.2, 0) is 0 Å². The predicted octanol–water partition coefficient (Wildman–Crippen LogP) is 2.46. The summed E-state index contributed by atoms with van der Waals surface area (Å²) in [6.07, 6.45) is 0.808. The SMILES string of the molecule is O=c1cc(-c2cccc(F)c2F)c(F)c[nH]1. The van der Waals surface area contributed by atoms with Crippen LogP contribution in [0.2, 0.25) is 0 Å². The first-order chi connectivity index (χ1) is 7.59. The number of hydrogen-bond donors (Lipinski definition) is 1. The molecule has 1 aromatic carbocycles. The molecular weight excluding hydrogens is 219 g/mol. The summed E-state index contributed by atoms with van der Waals surface area (Å²) in [6.45, 7) is 0. The molecule has 0 atom stereocenters. The Kier molecular flexibility index (Phi) is 2.52. The van der Waals surface area contributed by atoms with Gasteiger partial charge in [0.2, 0.25) is 5.56 Å². The van der Waals surface area contributed by atoms with Crippen molar-refractivity contribution in [2.45, 2.75) is 0 Å². The second-order valence-electron chi connectivity index (χ2n) is 3.16. The fourth-order valence-corrected chi connectivity index (χ4v) is 1.37. The molecule has 0 unspecified atom stereocenters. The van der Waals surface area contributed by atoms with E-state index in [0.29, 0.717) is 0 Å². The lowest BCUT2D eigenvalue weighted by Crippen LogP contribution is -2.05. The van der Waals surface area contributed by atoms with Gasteiger partial charge < -0.3 is 4.98 Å². The molecule has 0 aliphatic heterocycles. The molecule has 1 N–H and O–H groups in total. The van der Waals surface area contributed by atoms with Crippen molar-refractivity contribution < 1.29 is 13.2 Å². The quantitative estimate of drug-likeness (QED) is 0.794. The lowest BCUT2D eigenvalue weighted by atomic mass is 10.1. The van der Waals surface area contributed by atoms with E-state index in [0.717, 1.165) is 18.3 Å². The fraction of sp³-hybridized carbons (Fsp3) is 0. The van der Waals surface area contributed by atoms with Gasteiger partial charge in [0.1, 0.15) is 5.82 Å². The van der Waals surface area contributed by atoms with Gasteiger partial charge in [-0.1, -0.05) is 12.1 Å². The van der Waals surface area contributed by atoms with Crippen LogP contribution >= 0.6 is 0 Å². The first-order valence-corrected chi connectivity index (χ1v) is 4.42. The van der Waals surface area contributed by atoms with E-state index in [1.54, 1.807) is 0 Å². The van der Waals surface area contributed by atoms with Gasteiger partial charge in [0.25, 0.3) is 0 Å². The Balaban J connectivity index is 2.72. The van der Waals surface area contributed by atoms with Crippen LogP contribution in [0.3, 0.4) is 0 Å². The minimum Gasteiger partial charge on any atom is -0.326 e. The summed E-state index contributed by atoms with van der Waals surface area (Å²) in [7, 11) is 0. The first-order valence-electron chi connectivity index (χ1n) is 4.42. The Hall–Kier alpha value is -2.04. The van der Waals surface area contributed by atoms with Crippen LogP contribution in [0.5, 0.6) is 0 Å². The number of benzene rings is 1. The summed E-state index contributed by atoms with van der Waals surface area (Å²) < 4.78 is 39.6. The van der Waals surface area contributed by atoms with Crippen LogP contribution in [0, 0.1) is 17.5 Å². The van der Waals surface area contributed by atoms with Crippen molar-refractivity contribution in [2.24, 2.45) is 0 Å². The Morgan fingerprint density at radius 2 is 1.75 bits per heavy atom. The molecule has 5 heteroatoms. The maximum absolute atomic E-state index is 13.3. The van der Waals surface area contributed by atoms with Crippen molar-refractivity contribution in [1.29, 1.82) is 0 Å². The smallest absolute Gasteiger partial charge is 0.248 e. The van der Waals surface area contributed by atoms with E-state index >= 15 is 0 Å². The third kappa shape index (κ3) is 1.71. The number of pyridine rings is 1. The van der Waals surface area contributed by atoms with Crippen molar-refractivity contribution in [3.05, 3.63) is 58.3 Å². The van der Waals surface area contributed by atoms with Crippen LogP contribution < -0.4 is 5.56 Å². The second-order valence-corrected chi connectivity index (χ2v) is 3.16. The number of rotatable bonds is 1. The largest absolute Gasteiger partial charge is 0.326 e. The minimum absolute atomic E-state index is 0.263. The number of nitrogens with one attached hydrogen (secondary N) is 1. The van der Waals surface area contributed by atoms with Crippen LogP contribution in [-0.4, -0.2) is 4.98 Å². The summed E-state index contributed by atoms with van der Waals surface area (Å²) in [5.41, 5.74) is -1.12. The Bertz CT molecular complexity index is 592. The van der Waals surface area contributed by atoms with E-state index in [4.69, 9.17) is 0 Å². The molecule has 2 nitrogen and oxygen atoms in total. The monoisotopic (exact) mass is 225 g/mol. The van der Waals surface area contributed by atoms with Gasteiger partial charge in [0.15, 0.2) is 11.6 Å². The zero-order chi connectivity index (χ0) is 11.7. The maximum atomic E-state index is 13.3. The lowest BCUT2D eigenvalue weighted by Gasteiger charge is -2.04. The molecule has 16 heavy (non-hydrogen) atoms. The average Bonchev–Trinajstić information content (AvgIpc) is 2.26. The van der Waals surface area contributed by atoms with Crippen LogP contribution in [0.4, 0.5) is 13.2 Å². The third-order valence-corrected chi connectivity index (χ3v) is 2.12. The molecule has 2 aromatic rings. The van der Waals surface area contributed by atoms with Crippen molar-refractivity contribution in [3.8, 4) is 11.1 Å². The van der Waals surface area contributed by atoms with Crippen LogP contribution in [0.1, 0.15) is 0 Å². The topological polar surface area (TPSA) is 32.9 Å². The highest BCUT2D eigenvalue weighted by Gasteiger charge is 2.13. The molecule has 0 saturated carbocycles. The average molecular weight is 225 g/mol. The number of hydrogen-bond acceptors (Lipinski definition) is 1. The van der Waals surface area contributed by atoms with Crippen molar-refractivity contribution in [1.82, 2.24) is 4.98 Å². The molecule has 82 valence electrons. The lowest BCUT2D eigenvalue weighted by molar-refractivity contribution is 0.510. The summed E-state index contributed by atoms with van der Waals surface area (Å²) in [4.78, 5) is 13.1. The molecule has 0 aliphatic rings. The molecule has 0 amide bonds. The second kappa shape index (κ2) is 3.84. The van der Waals surface area contributed by atoms with Gasteiger partial charge >= 0.3 is 0 Å². The molecule has 0 fully saturated rings. The summed E-state index contributed by atoms with van der Waals surface area (Å²) >= 11 is 0. The van der Waals surface area contributed by atoms with Gasteiger partial charge in [0.05, 0.1) is 0 Å². The van der Waals surface area contributed by atoms with Crippen LogP contribution in [0.15, 0.2) is 35.3 Å². The molecule has 0 radical (unpaired) electrons. The number of H-pyrrole nitrogens is 1. The van der Waals surface area contributed by atoms with Gasteiger partial charge in [-0.25, -0.2) is 13.2 Å². The molecule has 0 spiro atoms. The Labute approximate surface area is 88.4 Å². The normalized spacial score (nSPS) is 10.4. The number of aromatic nitrogens is 1. The fourth-order valence-electron chi connectivity index (χ4n) is 1.37. The highest BCUT2D eigenvalue weighted by molar-refractivity contribution is 5.64. The van der Waals surface area contributed by atoms with Gasteiger partial charge in [0, 0.05) is 23.4 Å². The maximum Gasteiger partial charge on any atom is 0.248 e. The molecule has 1 heterocycles. The number of aromatic amines is 1. The Morgan fingerprint density at radius 1 is 1.00 bits per heavy atom. The zero-order valence-electron chi connectivity index (χ0n) is 7.93. The van der Waals surface area contributed by atoms with E-state index in [-0.39, 0.29) is 11.1 Å². The van der Waals surface area contributed by atoms with Crippen LogP contribution in [0.25, 0.3) is 11.1 Å². The molecule has 2 rings (SSSR count). The van der Waals surface area contributed by atoms with Gasteiger partial charge in [-0.05, 0) is 6.07 Å². The molecule has 0 aliphatic carbocycles. The first kappa shape index (κ1) is 10.5. The molecule has 0 bridgehead atoms. The molecule has 0 saturated heterocycles. The summed E-state index contributed by atoms with van der Waals surface area (Å²) in [5, 5.41) is 0. The Morgan fingerprint density at radius 3 is 2.50 bits per heavy atom.